The molecular weight excluding hydrogens is 364 g/mol. The Morgan fingerprint density at radius 2 is 1.70 bits per heavy atom. The molecule has 0 bridgehead atoms. The maximum Gasteiger partial charge on any atom is 0.260 e. The third-order valence-corrected chi connectivity index (χ3v) is 4.37. The predicted octanol–water partition coefficient (Wildman–Crippen LogP) is 4.11. The summed E-state index contributed by atoms with van der Waals surface area (Å²) in [6, 6.07) is 14.6. The number of ether oxygens (including phenoxy) is 1. The average Bonchev–Trinajstić information content (AvgIpc) is 2.61. The van der Waals surface area contributed by atoms with Gasteiger partial charge in [0.1, 0.15) is 5.75 Å². The summed E-state index contributed by atoms with van der Waals surface area (Å²) in [7, 11) is 1.56. The number of hydrogen-bond acceptors (Lipinski definition) is 3. The highest BCUT2D eigenvalue weighted by Crippen LogP contribution is 2.24. The maximum atomic E-state index is 12.2. The lowest BCUT2D eigenvalue weighted by Gasteiger charge is -2.20. The van der Waals surface area contributed by atoms with E-state index in [9.17, 15) is 9.59 Å². The number of halogens is 1. The van der Waals surface area contributed by atoms with Crippen LogP contribution in [0.3, 0.4) is 0 Å². The van der Waals surface area contributed by atoms with Crippen molar-refractivity contribution < 1.29 is 14.3 Å². The van der Waals surface area contributed by atoms with E-state index in [1.807, 2.05) is 24.3 Å². The number of nitrogens with zero attached hydrogens (tertiary/aromatic N) is 1. The number of hydrogen-bond donors (Lipinski definition) is 1. The van der Waals surface area contributed by atoms with E-state index in [1.165, 1.54) is 10.5 Å². The normalized spacial score (nSPS) is 11.0. The summed E-state index contributed by atoms with van der Waals surface area (Å²) in [5.74, 6) is 0.00274. The van der Waals surface area contributed by atoms with Crippen LogP contribution in [0.5, 0.6) is 5.75 Å². The summed E-state index contributed by atoms with van der Waals surface area (Å²) in [6.45, 7) is 6.18. The number of rotatable bonds is 6. The van der Waals surface area contributed by atoms with Crippen molar-refractivity contribution in [1.29, 1.82) is 0 Å². The molecular formula is C21H25ClN2O3. The van der Waals surface area contributed by atoms with Gasteiger partial charge >= 0.3 is 0 Å². The van der Waals surface area contributed by atoms with Crippen molar-refractivity contribution in [3.63, 3.8) is 0 Å². The van der Waals surface area contributed by atoms with Gasteiger partial charge in [-0.05, 0) is 35.2 Å². The minimum atomic E-state index is -0.325. The van der Waals surface area contributed by atoms with Gasteiger partial charge in [-0.3, -0.25) is 9.59 Å². The van der Waals surface area contributed by atoms with Crippen LogP contribution >= 0.6 is 11.6 Å². The van der Waals surface area contributed by atoms with E-state index in [2.05, 4.69) is 26.1 Å². The van der Waals surface area contributed by atoms with Crippen LogP contribution < -0.4 is 10.1 Å². The molecule has 6 heteroatoms. The molecule has 0 unspecified atom stereocenters. The highest BCUT2D eigenvalue weighted by molar-refractivity contribution is 6.33. The molecule has 0 aliphatic rings. The number of anilines is 1. The zero-order valence-corrected chi connectivity index (χ0v) is 16.8. The maximum absolute atomic E-state index is 12.2. The summed E-state index contributed by atoms with van der Waals surface area (Å²) in [4.78, 5) is 25.6. The van der Waals surface area contributed by atoms with E-state index < -0.39 is 0 Å². The fourth-order valence-corrected chi connectivity index (χ4v) is 2.55. The van der Waals surface area contributed by atoms with Gasteiger partial charge in [0.25, 0.3) is 5.91 Å². The lowest BCUT2D eigenvalue weighted by atomic mass is 9.87. The molecule has 2 amide bonds. The second-order valence-corrected chi connectivity index (χ2v) is 7.75. The van der Waals surface area contributed by atoms with Crippen molar-refractivity contribution in [3.8, 4) is 5.75 Å². The number of nitrogens with one attached hydrogen (secondary N) is 1. The molecule has 2 rings (SSSR count). The van der Waals surface area contributed by atoms with Crippen LogP contribution in [0.25, 0.3) is 0 Å². The average molecular weight is 389 g/mol. The molecule has 0 spiro atoms. The van der Waals surface area contributed by atoms with E-state index in [1.54, 1.807) is 31.3 Å². The smallest absolute Gasteiger partial charge is 0.260 e. The Kier molecular flexibility index (Phi) is 6.86. The Morgan fingerprint density at radius 1 is 1.07 bits per heavy atom. The van der Waals surface area contributed by atoms with Crippen LogP contribution in [0.15, 0.2) is 48.5 Å². The Bertz CT molecular complexity index is 798. The Morgan fingerprint density at radius 3 is 2.30 bits per heavy atom. The van der Waals surface area contributed by atoms with Gasteiger partial charge in [0.2, 0.25) is 5.91 Å². The second kappa shape index (κ2) is 8.91. The molecule has 0 saturated carbocycles. The molecule has 2 aromatic rings. The van der Waals surface area contributed by atoms with Crippen LogP contribution in [0.1, 0.15) is 26.3 Å². The Hall–Kier alpha value is -2.53. The van der Waals surface area contributed by atoms with E-state index in [0.29, 0.717) is 16.5 Å². The van der Waals surface area contributed by atoms with Crippen LogP contribution in [0, 0.1) is 0 Å². The van der Waals surface area contributed by atoms with E-state index in [0.717, 1.165) is 0 Å². The topological polar surface area (TPSA) is 58.6 Å². The summed E-state index contributed by atoms with van der Waals surface area (Å²) in [5, 5.41) is 3.13. The van der Waals surface area contributed by atoms with Gasteiger partial charge in [0.15, 0.2) is 6.61 Å². The third-order valence-electron chi connectivity index (χ3n) is 4.04. The Balaban J connectivity index is 1.83. The molecule has 0 aliphatic carbocycles. The molecule has 0 aliphatic heterocycles. The molecule has 0 fully saturated rings. The molecule has 1 N–H and O–H groups in total. The zero-order chi connectivity index (χ0) is 20.0. The minimum absolute atomic E-state index is 0.0591. The van der Waals surface area contributed by atoms with Gasteiger partial charge in [0.05, 0.1) is 17.3 Å². The molecule has 0 radical (unpaired) electrons. The summed E-state index contributed by atoms with van der Waals surface area (Å²) in [6.07, 6.45) is 0. The molecule has 0 heterocycles. The number of carbonyl (C=O) groups excluding carboxylic acids is 2. The lowest BCUT2D eigenvalue weighted by Crippen LogP contribution is -2.37. The van der Waals surface area contributed by atoms with Crippen LogP contribution in [0.2, 0.25) is 5.02 Å². The number of carbonyl (C=O) groups is 2. The summed E-state index contributed by atoms with van der Waals surface area (Å²) < 4.78 is 5.53. The first kappa shape index (κ1) is 20.8. The number of likely N-dealkylation sites (N-methyl/N-ethyl adjacent to an activating group) is 1. The van der Waals surface area contributed by atoms with Crippen molar-refractivity contribution in [2.45, 2.75) is 26.2 Å². The number of benzene rings is 2. The van der Waals surface area contributed by atoms with Crippen molar-refractivity contribution in [3.05, 3.63) is 59.1 Å². The first-order chi connectivity index (χ1) is 12.7. The van der Waals surface area contributed by atoms with E-state index in [4.69, 9.17) is 16.3 Å². The molecule has 27 heavy (non-hydrogen) atoms. The van der Waals surface area contributed by atoms with Crippen molar-refractivity contribution in [2.24, 2.45) is 0 Å². The monoisotopic (exact) mass is 388 g/mol. The largest absolute Gasteiger partial charge is 0.484 e. The van der Waals surface area contributed by atoms with Gasteiger partial charge in [-0.2, -0.15) is 0 Å². The van der Waals surface area contributed by atoms with Crippen LogP contribution in [-0.2, 0) is 15.0 Å². The van der Waals surface area contributed by atoms with Gasteiger partial charge in [-0.25, -0.2) is 0 Å². The fourth-order valence-electron chi connectivity index (χ4n) is 2.36. The van der Waals surface area contributed by atoms with Crippen LogP contribution in [-0.4, -0.2) is 36.9 Å². The first-order valence-electron chi connectivity index (χ1n) is 8.68. The third kappa shape index (κ3) is 6.29. The number of amides is 2. The van der Waals surface area contributed by atoms with Gasteiger partial charge < -0.3 is 15.0 Å². The minimum Gasteiger partial charge on any atom is -0.484 e. The van der Waals surface area contributed by atoms with Gasteiger partial charge in [-0.1, -0.05) is 56.6 Å². The second-order valence-electron chi connectivity index (χ2n) is 7.34. The fraction of sp³-hybridized carbons (Fsp3) is 0.333. The van der Waals surface area contributed by atoms with Crippen molar-refractivity contribution >= 4 is 29.1 Å². The van der Waals surface area contributed by atoms with Crippen LogP contribution in [0.4, 0.5) is 5.69 Å². The van der Waals surface area contributed by atoms with Gasteiger partial charge in [0, 0.05) is 7.05 Å². The standard InChI is InChI=1S/C21H25ClN2O3/c1-21(2,3)15-9-11-16(12-10-15)27-14-20(26)24(4)13-19(25)23-18-8-6-5-7-17(18)22/h5-12H,13-14H2,1-4H3,(H,23,25). The molecule has 0 aromatic heterocycles. The molecule has 5 nitrogen and oxygen atoms in total. The first-order valence-corrected chi connectivity index (χ1v) is 9.06. The van der Waals surface area contributed by atoms with Crippen molar-refractivity contribution in [1.82, 2.24) is 4.90 Å². The molecule has 0 atom stereocenters. The molecule has 144 valence electrons. The van der Waals surface area contributed by atoms with E-state index in [-0.39, 0.29) is 30.4 Å². The quantitative estimate of drug-likeness (QED) is 0.810. The SMILES string of the molecule is CN(CC(=O)Nc1ccccc1Cl)C(=O)COc1ccc(C(C)(C)C)cc1. The Labute approximate surface area is 165 Å². The summed E-state index contributed by atoms with van der Waals surface area (Å²) in [5.41, 5.74) is 1.76. The zero-order valence-electron chi connectivity index (χ0n) is 16.1. The molecule has 0 saturated heterocycles. The molecule has 2 aromatic carbocycles. The van der Waals surface area contributed by atoms with Gasteiger partial charge in [-0.15, -0.1) is 0 Å². The lowest BCUT2D eigenvalue weighted by molar-refractivity contribution is -0.135. The summed E-state index contributed by atoms with van der Waals surface area (Å²) >= 11 is 6.01. The number of para-hydroxylation sites is 1. The highest BCUT2D eigenvalue weighted by Gasteiger charge is 2.16. The van der Waals surface area contributed by atoms with E-state index >= 15 is 0 Å². The van der Waals surface area contributed by atoms with Crippen molar-refractivity contribution in [2.75, 3.05) is 25.5 Å². The highest BCUT2D eigenvalue weighted by atomic mass is 35.5. The predicted molar refractivity (Wildman–Crippen MR) is 108 cm³/mol.